The zero-order chi connectivity index (χ0) is 12.2. The van der Waals surface area contributed by atoms with Crippen molar-refractivity contribution < 1.29 is 4.79 Å². The van der Waals surface area contributed by atoms with Gasteiger partial charge in [-0.3, -0.25) is 4.79 Å². The minimum Gasteiger partial charge on any atom is -0.356 e. The molecule has 0 bridgehead atoms. The lowest BCUT2D eigenvalue weighted by Crippen LogP contribution is -2.32. The third kappa shape index (κ3) is 9.97. The van der Waals surface area contributed by atoms with Crippen LogP contribution in [0.2, 0.25) is 0 Å². The number of amides is 1. The summed E-state index contributed by atoms with van der Waals surface area (Å²) in [5.74, 6) is 0.162. The molecule has 0 aliphatic rings. The van der Waals surface area contributed by atoms with Gasteiger partial charge in [-0.2, -0.15) is 0 Å². The van der Waals surface area contributed by atoms with E-state index in [1.54, 1.807) is 0 Å². The highest BCUT2D eigenvalue weighted by molar-refractivity contribution is 5.75. The van der Waals surface area contributed by atoms with Gasteiger partial charge in [0.05, 0.1) is 0 Å². The molecule has 0 saturated carbocycles. The second-order valence-electron chi connectivity index (χ2n) is 4.45. The van der Waals surface area contributed by atoms with Crippen LogP contribution in [-0.2, 0) is 4.79 Å². The molecule has 1 unspecified atom stereocenters. The first-order chi connectivity index (χ1) is 7.70. The standard InChI is InChI=1S/C13H28N2O/c1-4-6-7-8-12(3)14-11-9-13(16)15-10-5-2/h12,14H,4-11H2,1-3H3,(H,15,16). The summed E-state index contributed by atoms with van der Waals surface area (Å²) < 4.78 is 0. The van der Waals surface area contributed by atoms with Crippen LogP contribution in [0.1, 0.15) is 59.3 Å². The number of rotatable bonds is 10. The van der Waals surface area contributed by atoms with E-state index in [-0.39, 0.29) is 5.91 Å². The molecule has 2 N–H and O–H groups in total. The number of carbonyl (C=O) groups excluding carboxylic acids is 1. The zero-order valence-electron chi connectivity index (χ0n) is 11.1. The van der Waals surface area contributed by atoms with Gasteiger partial charge in [-0.1, -0.05) is 33.1 Å². The van der Waals surface area contributed by atoms with Crippen molar-refractivity contribution in [3.63, 3.8) is 0 Å². The molecule has 0 aliphatic carbocycles. The van der Waals surface area contributed by atoms with Gasteiger partial charge in [0.15, 0.2) is 0 Å². The summed E-state index contributed by atoms with van der Waals surface area (Å²) in [7, 11) is 0. The van der Waals surface area contributed by atoms with Crippen molar-refractivity contribution in [1.29, 1.82) is 0 Å². The van der Waals surface area contributed by atoms with Gasteiger partial charge in [0.1, 0.15) is 0 Å². The highest BCUT2D eigenvalue weighted by Gasteiger charge is 2.03. The van der Waals surface area contributed by atoms with Crippen molar-refractivity contribution in [3.8, 4) is 0 Å². The van der Waals surface area contributed by atoms with Crippen molar-refractivity contribution in [3.05, 3.63) is 0 Å². The normalized spacial score (nSPS) is 12.4. The van der Waals surface area contributed by atoms with Crippen molar-refractivity contribution in [2.45, 2.75) is 65.3 Å². The van der Waals surface area contributed by atoms with Gasteiger partial charge in [0, 0.05) is 25.6 Å². The van der Waals surface area contributed by atoms with E-state index in [4.69, 9.17) is 0 Å². The molecule has 0 spiro atoms. The number of hydrogen-bond acceptors (Lipinski definition) is 2. The lowest BCUT2D eigenvalue weighted by Gasteiger charge is -2.13. The predicted molar refractivity (Wildman–Crippen MR) is 69.5 cm³/mol. The Bertz CT molecular complexity index is 171. The van der Waals surface area contributed by atoms with E-state index in [1.165, 1.54) is 25.7 Å². The molecule has 0 aliphatic heterocycles. The Morgan fingerprint density at radius 1 is 1.12 bits per heavy atom. The van der Waals surface area contributed by atoms with Crippen LogP contribution in [0.4, 0.5) is 0 Å². The molecular weight excluding hydrogens is 200 g/mol. The number of nitrogens with one attached hydrogen (secondary N) is 2. The lowest BCUT2D eigenvalue weighted by molar-refractivity contribution is -0.121. The van der Waals surface area contributed by atoms with E-state index in [0.717, 1.165) is 19.5 Å². The SMILES string of the molecule is CCCCCC(C)NCCC(=O)NCCC. The molecule has 3 nitrogen and oxygen atoms in total. The topological polar surface area (TPSA) is 41.1 Å². The maximum absolute atomic E-state index is 11.3. The highest BCUT2D eigenvalue weighted by Crippen LogP contribution is 2.02. The quantitative estimate of drug-likeness (QED) is 0.564. The van der Waals surface area contributed by atoms with Crippen LogP contribution < -0.4 is 10.6 Å². The van der Waals surface area contributed by atoms with Crippen molar-refractivity contribution in [2.75, 3.05) is 13.1 Å². The first-order valence-electron chi connectivity index (χ1n) is 6.70. The van der Waals surface area contributed by atoms with Crippen LogP contribution >= 0.6 is 0 Å². The number of unbranched alkanes of at least 4 members (excludes halogenated alkanes) is 2. The Morgan fingerprint density at radius 2 is 1.88 bits per heavy atom. The van der Waals surface area contributed by atoms with E-state index in [9.17, 15) is 4.79 Å². The van der Waals surface area contributed by atoms with Crippen molar-refractivity contribution in [2.24, 2.45) is 0 Å². The first-order valence-corrected chi connectivity index (χ1v) is 6.70. The monoisotopic (exact) mass is 228 g/mol. The summed E-state index contributed by atoms with van der Waals surface area (Å²) in [6.45, 7) is 8.07. The van der Waals surface area contributed by atoms with Crippen molar-refractivity contribution >= 4 is 5.91 Å². The van der Waals surface area contributed by atoms with Crippen LogP contribution in [0.3, 0.4) is 0 Å². The van der Waals surface area contributed by atoms with E-state index in [0.29, 0.717) is 12.5 Å². The van der Waals surface area contributed by atoms with Gasteiger partial charge < -0.3 is 10.6 Å². The van der Waals surface area contributed by atoms with Crippen LogP contribution in [0.15, 0.2) is 0 Å². The van der Waals surface area contributed by atoms with E-state index in [2.05, 4.69) is 31.4 Å². The summed E-state index contributed by atoms with van der Waals surface area (Å²) in [6.07, 6.45) is 6.68. The first kappa shape index (κ1) is 15.4. The van der Waals surface area contributed by atoms with Crippen LogP contribution in [-0.4, -0.2) is 25.0 Å². The van der Waals surface area contributed by atoms with Crippen LogP contribution in [0.25, 0.3) is 0 Å². The Hall–Kier alpha value is -0.570. The van der Waals surface area contributed by atoms with Crippen LogP contribution in [0.5, 0.6) is 0 Å². The summed E-state index contributed by atoms with van der Waals surface area (Å²) in [6, 6.07) is 0.533. The average molecular weight is 228 g/mol. The predicted octanol–water partition coefficient (Wildman–Crippen LogP) is 2.46. The van der Waals surface area contributed by atoms with Crippen molar-refractivity contribution in [1.82, 2.24) is 10.6 Å². The maximum atomic E-state index is 11.3. The summed E-state index contributed by atoms with van der Waals surface area (Å²) in [4.78, 5) is 11.3. The van der Waals surface area contributed by atoms with E-state index in [1.807, 2.05) is 0 Å². The largest absolute Gasteiger partial charge is 0.356 e. The Balaban J connectivity index is 3.32. The molecule has 0 saturated heterocycles. The van der Waals surface area contributed by atoms with Gasteiger partial charge in [-0.15, -0.1) is 0 Å². The van der Waals surface area contributed by atoms with Gasteiger partial charge in [-0.05, 0) is 19.8 Å². The zero-order valence-corrected chi connectivity index (χ0v) is 11.1. The smallest absolute Gasteiger partial charge is 0.221 e. The number of carbonyl (C=O) groups is 1. The van der Waals surface area contributed by atoms with E-state index < -0.39 is 0 Å². The summed E-state index contributed by atoms with van der Waals surface area (Å²) in [5, 5.41) is 6.27. The van der Waals surface area contributed by atoms with E-state index >= 15 is 0 Å². The Morgan fingerprint density at radius 3 is 2.50 bits per heavy atom. The molecule has 96 valence electrons. The highest BCUT2D eigenvalue weighted by atomic mass is 16.1. The fraction of sp³-hybridized carbons (Fsp3) is 0.923. The minimum atomic E-state index is 0.162. The Kier molecular flexibility index (Phi) is 10.5. The summed E-state index contributed by atoms with van der Waals surface area (Å²) in [5.41, 5.74) is 0. The molecule has 0 aromatic rings. The maximum Gasteiger partial charge on any atom is 0.221 e. The molecule has 0 fully saturated rings. The lowest BCUT2D eigenvalue weighted by atomic mass is 10.1. The molecule has 3 heteroatoms. The van der Waals surface area contributed by atoms with Crippen LogP contribution in [0, 0.1) is 0 Å². The molecular formula is C13H28N2O. The third-order valence-electron chi connectivity index (χ3n) is 2.66. The molecule has 0 rings (SSSR count). The van der Waals surface area contributed by atoms with Gasteiger partial charge in [0.2, 0.25) is 5.91 Å². The fourth-order valence-electron chi connectivity index (χ4n) is 1.59. The molecule has 0 heterocycles. The third-order valence-corrected chi connectivity index (χ3v) is 2.66. The second kappa shape index (κ2) is 10.9. The second-order valence-corrected chi connectivity index (χ2v) is 4.45. The number of hydrogen-bond donors (Lipinski definition) is 2. The molecule has 16 heavy (non-hydrogen) atoms. The molecule has 1 atom stereocenters. The van der Waals surface area contributed by atoms with Gasteiger partial charge in [-0.25, -0.2) is 0 Å². The molecule has 1 amide bonds. The molecule has 0 aromatic carbocycles. The summed E-state index contributed by atoms with van der Waals surface area (Å²) >= 11 is 0. The van der Waals surface area contributed by atoms with Gasteiger partial charge >= 0.3 is 0 Å². The average Bonchev–Trinajstić information content (AvgIpc) is 2.26. The molecule has 0 aromatic heterocycles. The minimum absolute atomic E-state index is 0.162. The van der Waals surface area contributed by atoms with Gasteiger partial charge in [0.25, 0.3) is 0 Å². The fourth-order valence-corrected chi connectivity index (χ4v) is 1.59. The molecule has 0 radical (unpaired) electrons. The Labute approximate surface area is 100 Å².